The van der Waals surface area contributed by atoms with Crippen LogP contribution in [0.25, 0.3) is 0 Å². The second kappa shape index (κ2) is 6.21. The number of amides is 1. The van der Waals surface area contributed by atoms with Crippen molar-refractivity contribution in [2.45, 2.75) is 32.9 Å². The van der Waals surface area contributed by atoms with E-state index in [4.69, 9.17) is 5.73 Å². The number of piperazine rings is 1. The molecule has 1 atom stereocenters. The molecule has 7 nitrogen and oxygen atoms in total. The van der Waals surface area contributed by atoms with Crippen LogP contribution in [0.15, 0.2) is 6.33 Å². The Morgan fingerprint density at radius 3 is 2.85 bits per heavy atom. The third-order valence-electron chi connectivity index (χ3n) is 3.60. The summed E-state index contributed by atoms with van der Waals surface area (Å²) >= 11 is 0. The lowest BCUT2D eigenvalue weighted by atomic mass is 10.00. The van der Waals surface area contributed by atoms with Crippen LogP contribution in [0, 0.1) is 5.92 Å². The van der Waals surface area contributed by atoms with Crippen LogP contribution in [0.4, 0.5) is 5.95 Å². The summed E-state index contributed by atoms with van der Waals surface area (Å²) in [7, 11) is 2.10. The van der Waals surface area contributed by atoms with Crippen LogP contribution >= 0.6 is 0 Å². The number of aromatic nitrogens is 3. The third-order valence-corrected chi connectivity index (χ3v) is 3.60. The highest BCUT2D eigenvalue weighted by molar-refractivity contribution is 5.76. The Morgan fingerprint density at radius 1 is 1.50 bits per heavy atom. The van der Waals surface area contributed by atoms with Crippen molar-refractivity contribution in [3.05, 3.63) is 6.33 Å². The molecule has 1 amide bonds. The quantitative estimate of drug-likeness (QED) is 0.843. The standard InChI is InChI=1S/C13H24N6O/c1-10(2)6-11-7-17(3)4-5-19(11)12(20)8-18-9-15-13(14)16-18/h9-11H,4-8H2,1-3H3,(H2,14,16). The fourth-order valence-electron chi connectivity index (χ4n) is 2.70. The summed E-state index contributed by atoms with van der Waals surface area (Å²) in [4.78, 5) is 20.6. The summed E-state index contributed by atoms with van der Waals surface area (Å²) in [5.41, 5.74) is 5.47. The number of rotatable bonds is 4. The zero-order chi connectivity index (χ0) is 14.7. The van der Waals surface area contributed by atoms with E-state index < -0.39 is 0 Å². The van der Waals surface area contributed by atoms with E-state index in [1.807, 2.05) is 4.90 Å². The number of anilines is 1. The van der Waals surface area contributed by atoms with Crippen LogP contribution in [0.1, 0.15) is 20.3 Å². The lowest BCUT2D eigenvalue weighted by Gasteiger charge is -2.40. The van der Waals surface area contributed by atoms with Gasteiger partial charge >= 0.3 is 0 Å². The first-order valence-electron chi connectivity index (χ1n) is 7.08. The van der Waals surface area contributed by atoms with Crippen molar-refractivity contribution < 1.29 is 4.79 Å². The first kappa shape index (κ1) is 14.8. The molecule has 1 fully saturated rings. The van der Waals surface area contributed by atoms with E-state index in [9.17, 15) is 4.79 Å². The van der Waals surface area contributed by atoms with Crippen LogP contribution in [-0.2, 0) is 11.3 Å². The van der Waals surface area contributed by atoms with Gasteiger partial charge in [-0.15, -0.1) is 5.10 Å². The van der Waals surface area contributed by atoms with Crippen molar-refractivity contribution in [1.82, 2.24) is 24.6 Å². The van der Waals surface area contributed by atoms with Gasteiger partial charge in [0, 0.05) is 25.7 Å². The molecule has 0 radical (unpaired) electrons. The predicted molar refractivity (Wildman–Crippen MR) is 76.9 cm³/mol. The van der Waals surface area contributed by atoms with Gasteiger partial charge in [-0.05, 0) is 19.4 Å². The molecular weight excluding hydrogens is 256 g/mol. The molecule has 2 rings (SSSR count). The molecule has 1 saturated heterocycles. The Balaban J connectivity index is 2.01. The Bertz CT molecular complexity index is 455. The minimum Gasteiger partial charge on any atom is -0.367 e. The molecular formula is C13H24N6O. The smallest absolute Gasteiger partial charge is 0.244 e. The van der Waals surface area contributed by atoms with Gasteiger partial charge in [-0.25, -0.2) is 9.67 Å². The van der Waals surface area contributed by atoms with Gasteiger partial charge in [0.2, 0.25) is 11.9 Å². The summed E-state index contributed by atoms with van der Waals surface area (Å²) in [6.07, 6.45) is 2.52. The van der Waals surface area contributed by atoms with Crippen molar-refractivity contribution in [1.29, 1.82) is 0 Å². The molecule has 1 aliphatic heterocycles. The fraction of sp³-hybridized carbons (Fsp3) is 0.769. The first-order chi connectivity index (χ1) is 9.45. The number of carbonyl (C=O) groups is 1. The van der Waals surface area contributed by atoms with Gasteiger partial charge < -0.3 is 15.5 Å². The summed E-state index contributed by atoms with van der Waals surface area (Å²) < 4.78 is 1.50. The van der Waals surface area contributed by atoms with Crippen LogP contribution in [0.5, 0.6) is 0 Å². The molecule has 1 aliphatic rings. The van der Waals surface area contributed by atoms with E-state index in [0.717, 1.165) is 26.1 Å². The summed E-state index contributed by atoms with van der Waals surface area (Å²) in [6, 6.07) is 0.280. The maximum atomic E-state index is 12.5. The first-order valence-corrected chi connectivity index (χ1v) is 7.08. The van der Waals surface area contributed by atoms with Crippen molar-refractivity contribution in [3.8, 4) is 0 Å². The van der Waals surface area contributed by atoms with Gasteiger partial charge in [0.25, 0.3) is 0 Å². The molecule has 0 aromatic carbocycles. The lowest BCUT2D eigenvalue weighted by molar-refractivity contribution is -0.137. The Hall–Kier alpha value is -1.63. The van der Waals surface area contributed by atoms with Crippen molar-refractivity contribution in [2.75, 3.05) is 32.4 Å². The third kappa shape index (κ3) is 3.69. The van der Waals surface area contributed by atoms with E-state index in [2.05, 4.69) is 35.9 Å². The van der Waals surface area contributed by atoms with E-state index in [0.29, 0.717) is 5.92 Å². The molecule has 1 aromatic heterocycles. The summed E-state index contributed by atoms with van der Waals surface area (Å²) in [5, 5.41) is 3.97. The van der Waals surface area contributed by atoms with E-state index in [1.165, 1.54) is 11.0 Å². The highest BCUT2D eigenvalue weighted by atomic mass is 16.2. The minimum atomic E-state index is 0.0913. The maximum Gasteiger partial charge on any atom is 0.244 e. The Kier molecular flexibility index (Phi) is 4.59. The number of nitrogens with two attached hydrogens (primary N) is 1. The van der Waals surface area contributed by atoms with Gasteiger partial charge in [-0.3, -0.25) is 4.79 Å². The van der Waals surface area contributed by atoms with Gasteiger partial charge in [0.05, 0.1) is 0 Å². The molecule has 112 valence electrons. The largest absolute Gasteiger partial charge is 0.367 e. The molecule has 2 heterocycles. The average molecular weight is 280 g/mol. The van der Waals surface area contributed by atoms with E-state index >= 15 is 0 Å². The topological polar surface area (TPSA) is 80.3 Å². The molecule has 1 aromatic rings. The van der Waals surface area contributed by atoms with Crippen LogP contribution < -0.4 is 5.73 Å². The minimum absolute atomic E-state index is 0.0913. The average Bonchev–Trinajstić information content (AvgIpc) is 2.73. The summed E-state index contributed by atoms with van der Waals surface area (Å²) in [5.74, 6) is 0.868. The summed E-state index contributed by atoms with van der Waals surface area (Å²) in [6.45, 7) is 7.22. The molecule has 0 saturated carbocycles. The monoisotopic (exact) mass is 280 g/mol. The fourth-order valence-corrected chi connectivity index (χ4v) is 2.70. The van der Waals surface area contributed by atoms with Crippen molar-refractivity contribution in [3.63, 3.8) is 0 Å². The zero-order valence-corrected chi connectivity index (χ0v) is 12.5. The SMILES string of the molecule is CC(C)CC1CN(C)CCN1C(=O)Cn1cnc(N)n1. The normalized spacial score (nSPS) is 20.6. The molecule has 1 unspecified atom stereocenters. The molecule has 0 bridgehead atoms. The Morgan fingerprint density at radius 2 is 2.25 bits per heavy atom. The number of nitrogen functional groups attached to an aromatic ring is 1. The van der Waals surface area contributed by atoms with Gasteiger partial charge in [0.1, 0.15) is 12.9 Å². The van der Waals surface area contributed by atoms with Gasteiger partial charge in [-0.1, -0.05) is 13.8 Å². The zero-order valence-electron chi connectivity index (χ0n) is 12.5. The highest BCUT2D eigenvalue weighted by Crippen LogP contribution is 2.17. The lowest BCUT2D eigenvalue weighted by Crippen LogP contribution is -2.55. The molecule has 0 spiro atoms. The molecule has 7 heteroatoms. The molecule has 20 heavy (non-hydrogen) atoms. The molecule has 0 aliphatic carbocycles. The maximum absolute atomic E-state index is 12.5. The Labute approximate surface area is 119 Å². The van der Waals surface area contributed by atoms with Gasteiger partial charge in [0.15, 0.2) is 0 Å². The number of hydrogen-bond acceptors (Lipinski definition) is 5. The number of carbonyl (C=O) groups excluding carboxylic acids is 1. The van der Waals surface area contributed by atoms with E-state index in [-0.39, 0.29) is 24.4 Å². The second-order valence-corrected chi connectivity index (χ2v) is 5.93. The molecule has 2 N–H and O–H groups in total. The number of hydrogen-bond donors (Lipinski definition) is 1. The van der Waals surface area contributed by atoms with Crippen LogP contribution in [-0.4, -0.2) is 63.2 Å². The van der Waals surface area contributed by atoms with Crippen molar-refractivity contribution >= 4 is 11.9 Å². The second-order valence-electron chi connectivity index (χ2n) is 5.93. The predicted octanol–water partition coefficient (Wildman–Crippen LogP) is 0.0490. The van der Waals surface area contributed by atoms with Gasteiger partial charge in [-0.2, -0.15) is 0 Å². The van der Waals surface area contributed by atoms with Crippen LogP contribution in [0.3, 0.4) is 0 Å². The van der Waals surface area contributed by atoms with Crippen molar-refractivity contribution in [2.24, 2.45) is 5.92 Å². The van der Waals surface area contributed by atoms with E-state index in [1.54, 1.807) is 0 Å². The number of likely N-dealkylation sites (N-methyl/N-ethyl adjacent to an activating group) is 1. The highest BCUT2D eigenvalue weighted by Gasteiger charge is 2.29. The number of nitrogens with zero attached hydrogens (tertiary/aromatic N) is 5. The van der Waals surface area contributed by atoms with Crippen LogP contribution in [0.2, 0.25) is 0 Å².